The van der Waals surface area contributed by atoms with E-state index in [4.69, 9.17) is 14.7 Å². The highest BCUT2D eigenvalue weighted by molar-refractivity contribution is 5.90. The van der Waals surface area contributed by atoms with Crippen molar-refractivity contribution in [2.75, 3.05) is 18.9 Å². The zero-order valence-corrected chi connectivity index (χ0v) is 25.7. The first-order valence-corrected chi connectivity index (χ1v) is 15.4. The molecule has 0 spiro atoms. The van der Waals surface area contributed by atoms with Crippen LogP contribution in [-0.2, 0) is 25.7 Å². The van der Waals surface area contributed by atoms with Gasteiger partial charge in [-0.25, -0.2) is 5.48 Å². The van der Waals surface area contributed by atoms with Gasteiger partial charge in [0.1, 0.15) is 0 Å². The van der Waals surface area contributed by atoms with Crippen LogP contribution < -0.4 is 10.8 Å². The third-order valence-electron chi connectivity index (χ3n) is 8.20. The molecule has 4 N–H and O–H groups in total. The molecular formula is C35H45N3O6. The van der Waals surface area contributed by atoms with Gasteiger partial charge in [-0.2, -0.15) is 0 Å². The number of aliphatic hydroxyl groups excluding tert-OH is 1. The van der Waals surface area contributed by atoms with Gasteiger partial charge in [-0.05, 0) is 55.6 Å². The first-order chi connectivity index (χ1) is 21.4. The van der Waals surface area contributed by atoms with E-state index in [1.807, 2.05) is 54.6 Å². The van der Waals surface area contributed by atoms with Gasteiger partial charge in [0.15, 0.2) is 6.29 Å². The van der Waals surface area contributed by atoms with E-state index >= 15 is 0 Å². The van der Waals surface area contributed by atoms with E-state index < -0.39 is 6.29 Å². The summed E-state index contributed by atoms with van der Waals surface area (Å²) >= 11 is 0. The molecule has 3 aromatic carbocycles. The van der Waals surface area contributed by atoms with Gasteiger partial charge in [-0.3, -0.25) is 19.7 Å². The molecule has 0 unspecified atom stereocenters. The minimum Gasteiger partial charge on any atom is -0.392 e. The normalized spacial score (nSPS) is 19.0. The predicted molar refractivity (Wildman–Crippen MR) is 169 cm³/mol. The lowest BCUT2D eigenvalue weighted by Gasteiger charge is -2.39. The molecule has 0 aromatic heterocycles. The lowest BCUT2D eigenvalue weighted by molar-refractivity contribution is -0.253. The van der Waals surface area contributed by atoms with Crippen molar-refractivity contribution in [1.29, 1.82) is 0 Å². The molecule has 4 rings (SSSR count). The summed E-state index contributed by atoms with van der Waals surface area (Å²) in [6.07, 6.45) is 3.62. The molecular weight excluding hydrogens is 558 g/mol. The summed E-state index contributed by atoms with van der Waals surface area (Å²) in [5.74, 6) is -0.444. The molecule has 9 heteroatoms. The van der Waals surface area contributed by atoms with Crippen LogP contribution >= 0.6 is 0 Å². The van der Waals surface area contributed by atoms with Crippen molar-refractivity contribution in [3.8, 4) is 0 Å². The zero-order valence-electron chi connectivity index (χ0n) is 25.7. The Kier molecular flexibility index (Phi) is 12.9. The Hall–Kier alpha value is -3.60. The van der Waals surface area contributed by atoms with Gasteiger partial charge in [0.2, 0.25) is 11.8 Å². The first-order valence-electron chi connectivity index (χ1n) is 15.4. The maximum atomic E-state index is 12.5. The molecule has 4 atom stereocenters. The molecule has 0 bridgehead atoms. The van der Waals surface area contributed by atoms with Crippen LogP contribution in [0.3, 0.4) is 0 Å². The highest BCUT2D eigenvalue weighted by Crippen LogP contribution is 2.39. The van der Waals surface area contributed by atoms with Crippen LogP contribution in [-0.4, -0.2) is 46.7 Å². The Morgan fingerprint density at radius 3 is 2.14 bits per heavy atom. The molecule has 44 heavy (non-hydrogen) atoms. The second-order valence-electron chi connectivity index (χ2n) is 11.5. The number of hydrogen-bond acceptors (Lipinski definition) is 7. The number of amides is 2. The van der Waals surface area contributed by atoms with Crippen LogP contribution in [0.25, 0.3) is 0 Å². The van der Waals surface area contributed by atoms with Crippen molar-refractivity contribution in [3.63, 3.8) is 0 Å². The number of likely N-dealkylation sites (N-methyl/N-ethyl adjacent to an activating group) is 1. The number of hydrogen-bond donors (Lipinski definition) is 4. The maximum absolute atomic E-state index is 12.5. The quantitative estimate of drug-likeness (QED) is 0.0927. The predicted octanol–water partition coefficient (Wildman–Crippen LogP) is 6.20. The van der Waals surface area contributed by atoms with Crippen molar-refractivity contribution in [2.24, 2.45) is 0 Å². The third-order valence-corrected chi connectivity index (χ3v) is 8.20. The second kappa shape index (κ2) is 17.0. The molecule has 0 saturated carbocycles. The maximum Gasteiger partial charge on any atom is 0.243 e. The van der Waals surface area contributed by atoms with Crippen LogP contribution in [0.15, 0.2) is 78.9 Å². The number of benzene rings is 3. The SMILES string of the molecule is C[C@@H](c1ccccc1)N(C)C[C@H]1C[C@@H](c2ccc(CO)cc2)O[C@@H](c2ccc(NC(=O)CCCCCCC(=O)NO)cc2)O1. The van der Waals surface area contributed by atoms with Crippen molar-refractivity contribution < 1.29 is 29.4 Å². The van der Waals surface area contributed by atoms with Crippen LogP contribution in [0.1, 0.15) is 92.6 Å². The fourth-order valence-electron chi connectivity index (χ4n) is 5.43. The summed E-state index contributed by atoms with van der Waals surface area (Å²) in [7, 11) is 2.11. The van der Waals surface area contributed by atoms with Crippen LogP contribution in [0, 0.1) is 0 Å². The number of rotatable bonds is 15. The molecule has 0 radical (unpaired) electrons. The molecule has 236 valence electrons. The standard InChI is InChI=1S/C35H45N3O6/c1-25(27-10-6-5-7-11-27)38(2)23-31-22-32(28-16-14-26(24-39)15-17-28)44-35(43-31)29-18-20-30(21-19-29)36-33(40)12-8-3-4-9-13-34(41)37-42/h5-7,10-11,14-21,25,31-32,35,39,42H,3-4,8-9,12-13,22-24H2,1-2H3,(H,36,40)(H,37,41)/t25-,31+,32-,35-/m0/s1. The Labute approximate surface area is 260 Å². The van der Waals surface area contributed by atoms with Gasteiger partial charge < -0.3 is 19.9 Å². The Bertz CT molecular complexity index is 1300. The summed E-state index contributed by atoms with van der Waals surface area (Å²) in [6.45, 7) is 2.92. The number of nitrogens with one attached hydrogen (secondary N) is 2. The molecule has 1 saturated heterocycles. The van der Waals surface area contributed by atoms with Gasteiger partial charge in [-0.15, -0.1) is 0 Å². The number of carbonyl (C=O) groups excluding carboxylic acids is 2. The van der Waals surface area contributed by atoms with Crippen molar-refractivity contribution >= 4 is 17.5 Å². The van der Waals surface area contributed by atoms with E-state index in [-0.39, 0.29) is 43.1 Å². The highest BCUT2D eigenvalue weighted by Gasteiger charge is 2.33. The van der Waals surface area contributed by atoms with Gasteiger partial charge in [0, 0.05) is 43.1 Å². The average molecular weight is 604 g/mol. The fourth-order valence-corrected chi connectivity index (χ4v) is 5.43. The van der Waals surface area contributed by atoms with E-state index in [1.54, 1.807) is 5.48 Å². The van der Waals surface area contributed by atoms with E-state index in [0.717, 1.165) is 42.5 Å². The number of nitrogens with zero attached hydrogens (tertiary/aromatic N) is 1. The van der Waals surface area contributed by atoms with Crippen molar-refractivity contribution in [3.05, 3.63) is 101 Å². The van der Waals surface area contributed by atoms with Crippen molar-refractivity contribution in [1.82, 2.24) is 10.4 Å². The van der Waals surface area contributed by atoms with E-state index in [0.29, 0.717) is 24.9 Å². The smallest absolute Gasteiger partial charge is 0.243 e. The van der Waals surface area contributed by atoms with Gasteiger partial charge in [-0.1, -0.05) is 79.6 Å². The highest BCUT2D eigenvalue weighted by atomic mass is 16.7. The first kappa shape index (κ1) is 33.3. The molecule has 0 aliphatic carbocycles. The van der Waals surface area contributed by atoms with E-state index in [1.165, 1.54) is 5.56 Å². The monoisotopic (exact) mass is 603 g/mol. The second-order valence-corrected chi connectivity index (χ2v) is 11.5. The minimum atomic E-state index is -0.575. The van der Waals surface area contributed by atoms with Crippen LogP contribution in [0.5, 0.6) is 0 Å². The number of hydroxylamine groups is 1. The van der Waals surface area contributed by atoms with Crippen LogP contribution in [0.4, 0.5) is 5.69 Å². The van der Waals surface area contributed by atoms with Gasteiger partial charge in [0.05, 0.1) is 18.8 Å². The number of unbranched alkanes of at least 4 members (excludes halogenated alkanes) is 3. The topological polar surface area (TPSA) is 120 Å². The number of carbonyl (C=O) groups is 2. The number of aliphatic hydroxyl groups is 1. The molecule has 1 fully saturated rings. The minimum absolute atomic E-state index is 0.00325. The average Bonchev–Trinajstić information content (AvgIpc) is 3.06. The molecule has 1 heterocycles. The van der Waals surface area contributed by atoms with E-state index in [9.17, 15) is 14.7 Å². The van der Waals surface area contributed by atoms with Crippen molar-refractivity contribution in [2.45, 2.75) is 83.0 Å². The van der Waals surface area contributed by atoms with Gasteiger partial charge in [0.25, 0.3) is 0 Å². The number of ether oxygens (including phenoxy) is 2. The molecule has 1 aliphatic heterocycles. The molecule has 9 nitrogen and oxygen atoms in total. The molecule has 1 aliphatic rings. The van der Waals surface area contributed by atoms with Crippen LogP contribution in [0.2, 0.25) is 0 Å². The third kappa shape index (κ3) is 9.97. The lowest BCUT2D eigenvalue weighted by Crippen LogP contribution is -2.38. The summed E-state index contributed by atoms with van der Waals surface area (Å²) in [6, 6.07) is 26.1. The lowest BCUT2D eigenvalue weighted by atomic mass is 9.99. The summed E-state index contributed by atoms with van der Waals surface area (Å²) in [5.41, 5.74) is 6.36. The fraction of sp³-hybridized carbons (Fsp3) is 0.429. The molecule has 3 aromatic rings. The number of anilines is 1. The Morgan fingerprint density at radius 2 is 1.50 bits per heavy atom. The zero-order chi connectivity index (χ0) is 31.3. The summed E-state index contributed by atoms with van der Waals surface area (Å²) in [5, 5.41) is 21.0. The van der Waals surface area contributed by atoms with Gasteiger partial charge >= 0.3 is 0 Å². The Morgan fingerprint density at radius 1 is 0.864 bits per heavy atom. The largest absolute Gasteiger partial charge is 0.392 e. The van der Waals surface area contributed by atoms with E-state index in [2.05, 4.69) is 48.5 Å². The molecule has 2 amide bonds. The Balaban J connectivity index is 1.37. The summed E-state index contributed by atoms with van der Waals surface area (Å²) < 4.78 is 13.0. The summed E-state index contributed by atoms with van der Waals surface area (Å²) in [4.78, 5) is 25.8.